The van der Waals surface area contributed by atoms with Crippen molar-refractivity contribution in [2.45, 2.75) is 56.7 Å². The number of unbranched alkanes of at least 4 members (excludes halogenated alkanes) is 1. The number of ether oxygens (including phenoxy) is 1. The van der Waals surface area contributed by atoms with Gasteiger partial charge >= 0.3 is 6.09 Å². The molecule has 4 aromatic carbocycles. The van der Waals surface area contributed by atoms with Gasteiger partial charge in [0.1, 0.15) is 11.5 Å². The molecule has 8 rings (SSSR count). The maximum absolute atomic E-state index is 13.3. The number of rotatable bonds is 15. The van der Waals surface area contributed by atoms with Gasteiger partial charge in [-0.2, -0.15) is 0 Å². The minimum absolute atomic E-state index is 0. The molecule has 314 valence electrons. The minimum Gasteiger partial charge on any atom is -0.506 e. The van der Waals surface area contributed by atoms with Crippen molar-refractivity contribution in [3.05, 3.63) is 123 Å². The Bertz CT molecular complexity index is 2310. The zero-order valence-electron chi connectivity index (χ0n) is 32.7. The SMILES string of the molecule is COc1cc(C(=O)NCCCCc2ccc(-c3ccccc3)c(N(C(=O)O)C34CCN(CC3)CC4)c2)c(Cl)cc1CNC[C@@H](O)c1ccc(O)c2[nH]c(=O)ccc12.F.F. The Morgan fingerprint density at radius 1 is 0.966 bits per heavy atom. The second-order valence-electron chi connectivity index (χ2n) is 14.9. The minimum atomic E-state index is -0.949. The number of nitrogens with one attached hydrogen (secondary N) is 3. The third kappa shape index (κ3) is 9.68. The van der Waals surface area contributed by atoms with Crippen LogP contribution in [0.15, 0.2) is 89.7 Å². The Kier molecular flexibility index (Phi) is 14.7. The molecule has 3 fully saturated rings. The predicted molar refractivity (Wildman–Crippen MR) is 227 cm³/mol. The molecule has 3 aliphatic rings. The number of methoxy groups -OCH3 is 1. The summed E-state index contributed by atoms with van der Waals surface area (Å²) in [7, 11) is 1.51. The number of benzene rings is 4. The number of nitrogens with zero attached hydrogens (tertiary/aromatic N) is 2. The van der Waals surface area contributed by atoms with Crippen LogP contribution in [0.3, 0.4) is 0 Å². The number of amides is 2. The maximum atomic E-state index is 13.3. The van der Waals surface area contributed by atoms with Crippen LogP contribution in [0.5, 0.6) is 11.5 Å². The molecule has 2 amide bonds. The normalized spacial score (nSPS) is 17.4. The van der Waals surface area contributed by atoms with Crippen LogP contribution in [-0.4, -0.2) is 82.6 Å². The summed E-state index contributed by atoms with van der Waals surface area (Å²) >= 11 is 6.61. The van der Waals surface area contributed by atoms with Gasteiger partial charge in [0.15, 0.2) is 0 Å². The summed E-state index contributed by atoms with van der Waals surface area (Å²) in [6, 6.07) is 25.3. The second kappa shape index (κ2) is 19.5. The second-order valence-corrected chi connectivity index (χ2v) is 15.3. The van der Waals surface area contributed by atoms with Crippen molar-refractivity contribution in [2.24, 2.45) is 0 Å². The summed E-state index contributed by atoms with van der Waals surface area (Å²) in [4.78, 5) is 44.7. The van der Waals surface area contributed by atoms with Gasteiger partial charge in [-0.1, -0.05) is 60.1 Å². The Morgan fingerprint density at radius 2 is 1.69 bits per heavy atom. The van der Waals surface area contributed by atoms with Crippen molar-refractivity contribution in [1.29, 1.82) is 0 Å². The smallest absolute Gasteiger partial charge is 0.412 e. The Hall–Kier alpha value is -5.54. The number of phenols is 1. The largest absolute Gasteiger partial charge is 0.506 e. The number of halogens is 3. The highest BCUT2D eigenvalue weighted by molar-refractivity contribution is 6.34. The van der Waals surface area contributed by atoms with Gasteiger partial charge in [-0.3, -0.25) is 23.9 Å². The number of aromatic hydroxyl groups is 1. The van der Waals surface area contributed by atoms with Crippen LogP contribution in [0.2, 0.25) is 5.02 Å². The average Bonchev–Trinajstić information content (AvgIpc) is 3.22. The number of aliphatic hydroxyl groups excluding tert-OH is 1. The topological polar surface area (TPSA) is 167 Å². The quantitative estimate of drug-likeness (QED) is 0.0600. The number of carboxylic acid groups (broad SMARTS) is 1. The average molecular weight is 834 g/mol. The predicted octanol–water partition coefficient (Wildman–Crippen LogP) is 7.17. The van der Waals surface area contributed by atoms with Crippen molar-refractivity contribution in [3.63, 3.8) is 0 Å². The molecule has 1 atom stereocenters. The molecule has 5 aromatic rings. The molecular weight excluding hydrogens is 784 g/mol. The number of aromatic amines is 1. The first kappa shape index (κ1) is 44.6. The van der Waals surface area contributed by atoms with Gasteiger partial charge in [0.2, 0.25) is 5.56 Å². The van der Waals surface area contributed by atoms with E-state index in [-0.39, 0.29) is 55.8 Å². The number of anilines is 1. The molecule has 0 unspecified atom stereocenters. The molecule has 12 nitrogen and oxygen atoms in total. The molecule has 0 spiro atoms. The van der Waals surface area contributed by atoms with Gasteiger partial charge < -0.3 is 40.6 Å². The number of hydrogen-bond donors (Lipinski definition) is 6. The summed E-state index contributed by atoms with van der Waals surface area (Å²) in [5.74, 6) is 0.0525. The van der Waals surface area contributed by atoms with Gasteiger partial charge in [0, 0.05) is 61.8 Å². The molecule has 15 heteroatoms. The standard InChI is InChI=1S/C44H48ClN5O7.2FH/c1-57-39-25-34(35(45)24-30(39)26-46-27-38(52)32-12-14-37(51)41-33(32)13-15-40(53)48-41)42(54)47-19-6-5-7-28-10-11-31(29-8-3-2-4-9-29)36(23-28)50(43(55)56)44-16-20-49(21-17-44)22-18-44;;/h2-4,8-15,23-25,38,46,51-52H,5-7,16-22,26-27H2,1H3,(H,47,54)(H,48,53)(H,55,56);2*1H/t38-;;/m1../s1. The van der Waals surface area contributed by atoms with Crippen LogP contribution < -0.4 is 25.8 Å². The van der Waals surface area contributed by atoms with Crippen molar-refractivity contribution in [3.8, 4) is 22.6 Å². The van der Waals surface area contributed by atoms with E-state index in [0.29, 0.717) is 35.2 Å². The number of fused-ring (bicyclic) bond motifs is 4. The number of carbonyl (C=O) groups is 2. The molecule has 1 aromatic heterocycles. The lowest BCUT2D eigenvalue weighted by molar-refractivity contribution is 0.0783. The highest BCUT2D eigenvalue weighted by Gasteiger charge is 2.47. The highest BCUT2D eigenvalue weighted by Crippen LogP contribution is 2.44. The summed E-state index contributed by atoms with van der Waals surface area (Å²) in [5, 5.41) is 38.8. The molecule has 6 N–H and O–H groups in total. The molecule has 3 aliphatic heterocycles. The third-order valence-corrected chi connectivity index (χ3v) is 11.8. The summed E-state index contributed by atoms with van der Waals surface area (Å²) in [6.07, 6.45) is 2.81. The molecule has 0 saturated carbocycles. The fraction of sp³-hybridized carbons (Fsp3) is 0.341. The molecular formula is C44H50ClF2N5O7. The molecule has 3 saturated heterocycles. The summed E-state index contributed by atoms with van der Waals surface area (Å²) in [6.45, 7) is 3.59. The van der Waals surface area contributed by atoms with E-state index in [1.54, 1.807) is 29.2 Å². The Morgan fingerprint density at radius 3 is 2.39 bits per heavy atom. The fourth-order valence-corrected chi connectivity index (χ4v) is 8.61. The Balaban J connectivity index is 0.00000331. The van der Waals surface area contributed by atoms with Crippen molar-refractivity contribution >= 4 is 40.2 Å². The van der Waals surface area contributed by atoms with E-state index in [2.05, 4.69) is 26.6 Å². The first-order chi connectivity index (χ1) is 27.6. The van der Waals surface area contributed by atoms with Crippen molar-refractivity contribution in [1.82, 2.24) is 20.5 Å². The lowest BCUT2D eigenvalue weighted by Gasteiger charge is -2.53. The van der Waals surface area contributed by atoms with Gasteiger partial charge in [0.25, 0.3) is 5.91 Å². The van der Waals surface area contributed by atoms with Crippen LogP contribution in [0.1, 0.15) is 65.3 Å². The van der Waals surface area contributed by atoms with Crippen LogP contribution in [-0.2, 0) is 13.0 Å². The van der Waals surface area contributed by atoms with Crippen molar-refractivity contribution in [2.75, 3.05) is 44.7 Å². The van der Waals surface area contributed by atoms with Gasteiger partial charge in [-0.15, -0.1) is 0 Å². The zero-order chi connectivity index (χ0) is 40.1. The zero-order valence-corrected chi connectivity index (χ0v) is 33.5. The van der Waals surface area contributed by atoms with E-state index in [1.165, 1.54) is 19.2 Å². The fourth-order valence-electron chi connectivity index (χ4n) is 8.34. The van der Waals surface area contributed by atoms with E-state index in [1.807, 2.05) is 42.5 Å². The lowest BCUT2D eigenvalue weighted by Crippen LogP contribution is -2.62. The number of aliphatic hydroxyl groups is 1. The molecule has 2 bridgehead atoms. The van der Waals surface area contributed by atoms with Gasteiger partial charge in [-0.25, -0.2) is 4.79 Å². The molecule has 4 heterocycles. The number of pyridine rings is 1. The number of aromatic nitrogens is 1. The van der Waals surface area contributed by atoms with Gasteiger partial charge in [-0.05, 0) is 85.5 Å². The molecule has 0 aliphatic carbocycles. The highest BCUT2D eigenvalue weighted by atomic mass is 35.5. The first-order valence-electron chi connectivity index (χ1n) is 19.4. The van der Waals surface area contributed by atoms with Crippen LogP contribution in [0, 0.1) is 0 Å². The van der Waals surface area contributed by atoms with E-state index < -0.39 is 17.7 Å². The number of piperidine rings is 3. The number of carbonyl (C=O) groups excluding carboxylic acids is 1. The summed E-state index contributed by atoms with van der Waals surface area (Å²) in [5.41, 5.74) is 4.67. The van der Waals surface area contributed by atoms with E-state index >= 15 is 0 Å². The van der Waals surface area contributed by atoms with Gasteiger partial charge in [0.05, 0.1) is 40.5 Å². The van der Waals surface area contributed by atoms with Crippen molar-refractivity contribution < 1.29 is 39.1 Å². The van der Waals surface area contributed by atoms with E-state index in [9.17, 15) is 29.7 Å². The van der Waals surface area contributed by atoms with Crippen LogP contribution in [0.25, 0.3) is 22.0 Å². The van der Waals surface area contributed by atoms with Crippen LogP contribution >= 0.6 is 11.6 Å². The third-order valence-electron chi connectivity index (χ3n) is 11.4. The molecule has 0 radical (unpaired) electrons. The van der Waals surface area contributed by atoms with Crippen LogP contribution in [0.4, 0.5) is 19.9 Å². The monoisotopic (exact) mass is 833 g/mol. The Labute approximate surface area is 345 Å². The number of aryl methyl sites for hydroxylation is 1. The van der Waals surface area contributed by atoms with E-state index in [0.717, 1.165) is 74.1 Å². The number of phenolic OH excluding ortho intramolecular Hbond substituents is 1. The summed E-state index contributed by atoms with van der Waals surface area (Å²) < 4.78 is 5.59. The maximum Gasteiger partial charge on any atom is 0.412 e. The number of hydrogen-bond acceptors (Lipinski definition) is 8. The lowest BCUT2D eigenvalue weighted by atomic mass is 9.78. The molecule has 59 heavy (non-hydrogen) atoms. The number of H-pyrrole nitrogens is 1. The first-order valence-corrected chi connectivity index (χ1v) is 19.8. The van der Waals surface area contributed by atoms with E-state index in [4.69, 9.17) is 16.3 Å².